The van der Waals surface area contributed by atoms with Crippen molar-refractivity contribution in [1.82, 2.24) is 15.3 Å². The highest BCUT2D eigenvalue weighted by molar-refractivity contribution is 7.98. The van der Waals surface area contributed by atoms with Gasteiger partial charge in [-0.2, -0.15) is 5.26 Å². The number of rotatable bonds is 20. The van der Waals surface area contributed by atoms with Crippen LogP contribution in [-0.4, -0.2) is 94.5 Å². The Kier molecular flexibility index (Phi) is 16.7. The third kappa shape index (κ3) is 12.5. The van der Waals surface area contributed by atoms with E-state index >= 15 is 0 Å². The van der Waals surface area contributed by atoms with Crippen LogP contribution in [0.4, 0.5) is 11.5 Å². The molecule has 2 aromatic carbocycles. The molecule has 20 heteroatoms. The smallest absolute Gasteiger partial charge is 0.331 e. The maximum Gasteiger partial charge on any atom is 0.331 e. The second-order valence-corrected chi connectivity index (χ2v) is 14.3. The quantitative estimate of drug-likeness (QED) is 0.0423. The zero-order valence-corrected chi connectivity index (χ0v) is 33.4. The number of aliphatic hydroxyl groups excluding tert-OH is 2. The van der Waals surface area contributed by atoms with Gasteiger partial charge >= 0.3 is 11.9 Å². The van der Waals surface area contributed by atoms with E-state index in [1.54, 1.807) is 36.4 Å². The third-order valence-electron chi connectivity index (χ3n) is 8.46. The minimum absolute atomic E-state index is 0.0436. The van der Waals surface area contributed by atoms with E-state index in [0.717, 1.165) is 5.56 Å². The number of aromatic nitrogens is 2. The Labute approximate surface area is 347 Å². The molecule has 0 aliphatic heterocycles. The van der Waals surface area contributed by atoms with Crippen LogP contribution < -0.4 is 27.3 Å². The summed E-state index contributed by atoms with van der Waals surface area (Å²) in [5.74, 6) is -3.84. The lowest BCUT2D eigenvalue weighted by Crippen LogP contribution is -2.51. The van der Waals surface area contributed by atoms with Gasteiger partial charge in [0.1, 0.15) is 47.9 Å². The molecule has 4 aromatic rings. The number of thioether (sulfide) groups is 1. The standard InChI is InChI=1S/C39H41ClN8O10S/c1-20(49)29(12-26(51)13-41)38(53)57-18-28(58-39(54)33(21(2)50)47-31(52)15-43)17-55-27-10-6-22(7-11-27)32-30(14-42)37(48-35(44)34(32)45-3)59-19-25-16-56-36(46-25)23-4-8-24(40)9-5-23/h4-11,16,20-21,28-29,33,49-50H,12-13,15,17-19,41,43H2,1-2H3,(H2,44,48)(H,47,52)/t20-,21-,28+,29+,33+/m1/s1. The number of hydrogen-bond donors (Lipinski definition) is 6. The Morgan fingerprint density at radius 3 is 2.27 bits per heavy atom. The molecule has 4 rings (SSSR count). The van der Waals surface area contributed by atoms with Gasteiger partial charge in [-0.1, -0.05) is 35.5 Å². The SMILES string of the molecule is [C-]#[N+]c1c(N)nc(SCc2coc(-c3ccc(Cl)cc3)n2)c(C#N)c1-c1ccc(OC[C@@H](COC(=O)[C@@H](CC(=O)CN)[C@@H](C)O)OC(=O)[C@@H](NC(=O)CN)[C@@H](C)O)cc1. The third-order valence-corrected chi connectivity index (χ3v) is 9.72. The normalized spacial score (nSPS) is 13.4. The van der Waals surface area contributed by atoms with Crippen LogP contribution in [0, 0.1) is 23.8 Å². The first-order chi connectivity index (χ1) is 28.2. The Bertz CT molecular complexity index is 2200. The molecule has 0 saturated heterocycles. The van der Waals surface area contributed by atoms with E-state index in [2.05, 4.69) is 26.2 Å². The van der Waals surface area contributed by atoms with Crippen molar-refractivity contribution >= 4 is 58.5 Å². The molecule has 0 saturated carbocycles. The Morgan fingerprint density at radius 2 is 1.68 bits per heavy atom. The summed E-state index contributed by atoms with van der Waals surface area (Å²) in [6.45, 7) is 8.45. The topological polar surface area (TPSA) is 294 Å². The molecule has 1 amide bonds. The monoisotopic (exact) mass is 848 g/mol. The molecule has 9 N–H and O–H groups in total. The zero-order valence-electron chi connectivity index (χ0n) is 31.8. The van der Waals surface area contributed by atoms with Gasteiger partial charge in [-0.05, 0) is 55.8 Å². The summed E-state index contributed by atoms with van der Waals surface area (Å²) in [5, 5.41) is 33.6. The van der Waals surface area contributed by atoms with Crippen LogP contribution in [0.2, 0.25) is 5.02 Å². The molecule has 0 aliphatic rings. The number of aliphatic hydroxyl groups is 2. The first-order valence-electron chi connectivity index (χ1n) is 17.8. The highest BCUT2D eigenvalue weighted by Gasteiger charge is 2.32. The molecule has 2 aromatic heterocycles. The van der Waals surface area contributed by atoms with E-state index < -0.39 is 80.1 Å². The molecule has 59 heavy (non-hydrogen) atoms. The van der Waals surface area contributed by atoms with Gasteiger partial charge in [0.25, 0.3) is 0 Å². The summed E-state index contributed by atoms with van der Waals surface area (Å²) in [4.78, 5) is 62.2. The molecule has 0 bridgehead atoms. The number of nitrogens with two attached hydrogens (primary N) is 3. The van der Waals surface area contributed by atoms with Crippen molar-refractivity contribution in [1.29, 1.82) is 5.26 Å². The Balaban J connectivity index is 1.54. The predicted octanol–water partition coefficient (Wildman–Crippen LogP) is 2.93. The summed E-state index contributed by atoms with van der Waals surface area (Å²) in [6.07, 6.45) is -2.94. The van der Waals surface area contributed by atoms with Gasteiger partial charge in [0.05, 0.1) is 49.0 Å². The van der Waals surface area contributed by atoms with Crippen LogP contribution in [-0.2, 0) is 34.4 Å². The molecule has 0 aliphatic carbocycles. The second-order valence-electron chi connectivity index (χ2n) is 12.9. The predicted molar refractivity (Wildman–Crippen MR) is 214 cm³/mol. The number of Topliss-reactive ketones (excluding diaryl/α,β-unsaturated/α-hetero) is 1. The van der Waals surface area contributed by atoms with Crippen molar-refractivity contribution in [2.75, 3.05) is 32.0 Å². The number of carbonyl (C=O) groups is 4. The van der Waals surface area contributed by atoms with Crippen LogP contribution in [0.15, 0.2) is 64.2 Å². The number of esters is 2. The largest absolute Gasteiger partial charge is 0.490 e. The number of pyridine rings is 1. The minimum atomic E-state index is -1.54. The van der Waals surface area contributed by atoms with Crippen molar-refractivity contribution < 1.29 is 48.0 Å². The van der Waals surface area contributed by atoms with Gasteiger partial charge in [0.2, 0.25) is 17.5 Å². The highest BCUT2D eigenvalue weighted by atomic mass is 35.5. The van der Waals surface area contributed by atoms with E-state index in [0.29, 0.717) is 22.2 Å². The molecule has 0 spiro atoms. The Hall–Kier alpha value is -6.06. The molecular formula is C39H41ClN8O10S. The summed E-state index contributed by atoms with van der Waals surface area (Å²) >= 11 is 7.16. The van der Waals surface area contributed by atoms with Crippen molar-refractivity contribution in [2.24, 2.45) is 17.4 Å². The fourth-order valence-electron chi connectivity index (χ4n) is 5.35. The molecular weight excluding hydrogens is 808 g/mol. The number of nitrogens with one attached hydrogen (secondary N) is 1. The van der Waals surface area contributed by atoms with E-state index in [1.807, 2.05) is 0 Å². The maximum absolute atomic E-state index is 13.1. The maximum atomic E-state index is 13.1. The molecule has 310 valence electrons. The Morgan fingerprint density at radius 1 is 1.00 bits per heavy atom. The van der Waals surface area contributed by atoms with Gasteiger partial charge < -0.3 is 51.4 Å². The van der Waals surface area contributed by atoms with E-state index in [-0.39, 0.29) is 45.7 Å². The fourth-order valence-corrected chi connectivity index (χ4v) is 6.34. The molecule has 0 fully saturated rings. The first-order valence-corrected chi connectivity index (χ1v) is 19.2. The number of ether oxygens (including phenoxy) is 3. The molecule has 2 heterocycles. The van der Waals surface area contributed by atoms with Gasteiger partial charge in [-0.3, -0.25) is 14.4 Å². The number of nitrogens with zero attached hydrogens (tertiary/aromatic N) is 4. The average Bonchev–Trinajstić information content (AvgIpc) is 3.70. The van der Waals surface area contributed by atoms with E-state index in [4.69, 9.17) is 54.0 Å². The van der Waals surface area contributed by atoms with Gasteiger partial charge in [-0.15, -0.1) is 0 Å². The van der Waals surface area contributed by atoms with Crippen LogP contribution in [0.25, 0.3) is 27.4 Å². The van der Waals surface area contributed by atoms with Crippen LogP contribution >= 0.6 is 23.4 Å². The molecule has 0 unspecified atom stereocenters. The van der Waals surface area contributed by atoms with Gasteiger partial charge in [0, 0.05) is 28.3 Å². The number of ketones is 1. The molecule has 18 nitrogen and oxygen atoms in total. The van der Waals surface area contributed by atoms with Crippen molar-refractivity contribution in [3.8, 4) is 34.4 Å². The van der Waals surface area contributed by atoms with Crippen LogP contribution in [0.1, 0.15) is 31.5 Å². The van der Waals surface area contributed by atoms with E-state index in [1.165, 1.54) is 44.0 Å². The lowest BCUT2D eigenvalue weighted by Gasteiger charge is -2.25. The number of nitriles is 1. The summed E-state index contributed by atoms with van der Waals surface area (Å²) in [6, 6.07) is 13.7. The lowest BCUT2D eigenvalue weighted by molar-refractivity contribution is -0.168. The number of carbonyl (C=O) groups excluding carboxylic acids is 4. The lowest BCUT2D eigenvalue weighted by atomic mass is 9.97. The van der Waals surface area contributed by atoms with Crippen LogP contribution in [0.5, 0.6) is 5.75 Å². The number of anilines is 1. The summed E-state index contributed by atoms with van der Waals surface area (Å²) in [5.41, 5.74) is 18.9. The van der Waals surface area contributed by atoms with Gasteiger partial charge in [0.15, 0.2) is 12.1 Å². The number of nitrogen functional groups attached to an aromatic ring is 1. The molecule has 5 atom stereocenters. The van der Waals surface area contributed by atoms with Crippen molar-refractivity contribution in [2.45, 2.75) is 55.4 Å². The second kappa shape index (κ2) is 21.6. The molecule has 0 radical (unpaired) electrons. The van der Waals surface area contributed by atoms with Crippen molar-refractivity contribution in [3.63, 3.8) is 0 Å². The minimum Gasteiger partial charge on any atom is -0.490 e. The first kappa shape index (κ1) is 45.6. The zero-order chi connectivity index (χ0) is 43.2. The number of amides is 1. The number of benzene rings is 2. The average molecular weight is 849 g/mol. The van der Waals surface area contributed by atoms with Crippen LogP contribution in [0.3, 0.4) is 0 Å². The number of hydrogen-bond acceptors (Lipinski definition) is 17. The number of halogens is 1. The van der Waals surface area contributed by atoms with Gasteiger partial charge in [-0.25, -0.2) is 19.6 Å². The van der Waals surface area contributed by atoms with Crippen molar-refractivity contribution in [3.05, 3.63) is 82.5 Å². The van der Waals surface area contributed by atoms with E-state index in [9.17, 15) is 34.7 Å². The summed E-state index contributed by atoms with van der Waals surface area (Å²) in [7, 11) is 0. The summed E-state index contributed by atoms with van der Waals surface area (Å²) < 4.78 is 22.3. The fraction of sp³-hybridized carbons (Fsp3) is 0.333. The highest BCUT2D eigenvalue weighted by Crippen LogP contribution is 2.42. The number of oxazole rings is 1.